The standard InChI is InChI=1S/C16H20N2O2Te/c1-3-19-14-9-8-11(10-13(14)18)21-15-7-5-6-12(17)16(15)20-4-2/h5-10H,3-4,17-18H2,1-2H3. The molecular formula is C16H20N2O2Te. The van der Waals surface area contributed by atoms with E-state index in [1.165, 1.54) is 7.22 Å². The van der Waals surface area contributed by atoms with Crippen molar-refractivity contribution in [3.63, 3.8) is 0 Å². The average Bonchev–Trinajstić information content (AvgIpc) is 2.46. The van der Waals surface area contributed by atoms with E-state index in [-0.39, 0.29) is 0 Å². The van der Waals surface area contributed by atoms with Crippen LogP contribution in [0.5, 0.6) is 11.5 Å². The molecule has 0 amide bonds. The van der Waals surface area contributed by atoms with Crippen molar-refractivity contribution in [2.75, 3.05) is 24.7 Å². The monoisotopic (exact) mass is 402 g/mol. The Morgan fingerprint density at radius 3 is 2.38 bits per heavy atom. The molecule has 4 N–H and O–H groups in total. The fraction of sp³-hybridized carbons (Fsp3) is 0.250. The fourth-order valence-electron chi connectivity index (χ4n) is 1.92. The number of para-hydroxylation sites is 1. The van der Waals surface area contributed by atoms with Gasteiger partial charge in [-0.1, -0.05) is 0 Å². The fourth-order valence-corrected chi connectivity index (χ4v) is 4.75. The van der Waals surface area contributed by atoms with Gasteiger partial charge < -0.3 is 0 Å². The summed E-state index contributed by atoms with van der Waals surface area (Å²) >= 11 is -0.606. The Kier molecular flexibility index (Phi) is 5.60. The van der Waals surface area contributed by atoms with Crippen molar-refractivity contribution in [3.8, 4) is 11.5 Å². The number of anilines is 2. The molecule has 4 nitrogen and oxygen atoms in total. The molecule has 0 aliphatic carbocycles. The normalized spacial score (nSPS) is 10.4. The van der Waals surface area contributed by atoms with Crippen molar-refractivity contribution in [3.05, 3.63) is 36.4 Å². The molecule has 0 saturated heterocycles. The third kappa shape index (κ3) is 3.96. The molecule has 0 fully saturated rings. The Morgan fingerprint density at radius 2 is 1.71 bits per heavy atom. The molecule has 2 rings (SSSR count). The van der Waals surface area contributed by atoms with Crippen LogP contribution in [0.3, 0.4) is 0 Å². The van der Waals surface area contributed by atoms with Gasteiger partial charge in [0, 0.05) is 0 Å². The minimum atomic E-state index is -0.606. The number of hydrogen-bond acceptors (Lipinski definition) is 4. The van der Waals surface area contributed by atoms with E-state index in [4.69, 9.17) is 20.9 Å². The number of nitrogens with two attached hydrogens (primary N) is 2. The predicted molar refractivity (Wildman–Crippen MR) is 89.1 cm³/mol. The van der Waals surface area contributed by atoms with Crippen molar-refractivity contribution < 1.29 is 9.47 Å². The van der Waals surface area contributed by atoms with Crippen molar-refractivity contribution >= 4 is 39.5 Å². The van der Waals surface area contributed by atoms with Crippen molar-refractivity contribution in [1.29, 1.82) is 0 Å². The molecule has 0 radical (unpaired) electrons. The van der Waals surface area contributed by atoms with Gasteiger partial charge in [-0.25, -0.2) is 0 Å². The summed E-state index contributed by atoms with van der Waals surface area (Å²) in [5, 5.41) is 0. The Morgan fingerprint density at radius 1 is 0.952 bits per heavy atom. The quantitative estimate of drug-likeness (QED) is 0.567. The summed E-state index contributed by atoms with van der Waals surface area (Å²) in [4.78, 5) is 0. The van der Waals surface area contributed by atoms with Crippen molar-refractivity contribution in [2.45, 2.75) is 13.8 Å². The van der Waals surface area contributed by atoms with Crippen LogP contribution in [0.4, 0.5) is 11.4 Å². The summed E-state index contributed by atoms with van der Waals surface area (Å²) in [6.07, 6.45) is 0. The first-order chi connectivity index (χ1) is 10.2. The Hall–Kier alpha value is -1.57. The zero-order valence-electron chi connectivity index (χ0n) is 12.3. The van der Waals surface area contributed by atoms with Gasteiger partial charge in [-0.3, -0.25) is 0 Å². The van der Waals surface area contributed by atoms with Crippen LogP contribution in [-0.4, -0.2) is 34.1 Å². The van der Waals surface area contributed by atoms with Crippen LogP contribution in [0.25, 0.3) is 0 Å². The molecule has 21 heavy (non-hydrogen) atoms. The van der Waals surface area contributed by atoms with Crippen molar-refractivity contribution in [1.82, 2.24) is 0 Å². The van der Waals surface area contributed by atoms with Gasteiger partial charge in [0.1, 0.15) is 0 Å². The maximum absolute atomic E-state index is 6.03. The van der Waals surface area contributed by atoms with E-state index >= 15 is 0 Å². The van der Waals surface area contributed by atoms with Crippen LogP contribution in [0.15, 0.2) is 36.4 Å². The molecule has 5 heteroatoms. The maximum atomic E-state index is 6.03. The van der Waals surface area contributed by atoms with Gasteiger partial charge >= 0.3 is 135 Å². The Bertz CT molecular complexity index is 617. The minimum absolute atomic E-state index is 0.606. The molecule has 0 aliphatic rings. The zero-order chi connectivity index (χ0) is 15.2. The molecule has 0 bridgehead atoms. The van der Waals surface area contributed by atoms with Gasteiger partial charge in [-0.2, -0.15) is 0 Å². The third-order valence-electron chi connectivity index (χ3n) is 2.81. The second kappa shape index (κ2) is 7.44. The van der Waals surface area contributed by atoms with E-state index < -0.39 is 20.9 Å². The first-order valence-electron chi connectivity index (χ1n) is 6.87. The summed E-state index contributed by atoms with van der Waals surface area (Å²) in [5.74, 6) is 1.56. The number of ether oxygens (including phenoxy) is 2. The second-order valence-electron chi connectivity index (χ2n) is 4.34. The molecule has 0 unspecified atom stereocenters. The summed E-state index contributed by atoms with van der Waals surface area (Å²) in [5.41, 5.74) is 13.4. The number of rotatable bonds is 6. The van der Waals surface area contributed by atoms with E-state index in [1.807, 2.05) is 38.1 Å². The van der Waals surface area contributed by atoms with Crippen LogP contribution < -0.4 is 28.2 Å². The molecule has 0 aliphatic heterocycles. The van der Waals surface area contributed by atoms with E-state index in [0.717, 1.165) is 11.5 Å². The first-order valence-corrected chi connectivity index (χ1v) is 9.20. The number of benzene rings is 2. The predicted octanol–water partition coefficient (Wildman–Crippen LogP) is 1.30. The molecular weight excluding hydrogens is 380 g/mol. The molecule has 0 heterocycles. The Labute approximate surface area is 135 Å². The van der Waals surface area contributed by atoms with Crippen LogP contribution in [0.2, 0.25) is 0 Å². The van der Waals surface area contributed by atoms with Gasteiger partial charge in [0.15, 0.2) is 0 Å². The van der Waals surface area contributed by atoms with Gasteiger partial charge in [0.2, 0.25) is 0 Å². The molecule has 2 aromatic carbocycles. The SMILES string of the molecule is CCOc1ccc([Te]c2cccc(N)c2OCC)cc1N. The summed E-state index contributed by atoms with van der Waals surface area (Å²) in [6.45, 7) is 5.14. The third-order valence-corrected chi connectivity index (χ3v) is 5.75. The molecule has 0 aromatic heterocycles. The van der Waals surface area contributed by atoms with Gasteiger partial charge in [-0.15, -0.1) is 0 Å². The number of hydrogen-bond donors (Lipinski definition) is 2. The average molecular weight is 400 g/mol. The summed E-state index contributed by atoms with van der Waals surface area (Å²) < 4.78 is 13.6. The number of nitrogen functional groups attached to an aromatic ring is 2. The van der Waals surface area contributed by atoms with Crippen LogP contribution in [-0.2, 0) is 0 Å². The van der Waals surface area contributed by atoms with Crippen LogP contribution in [0, 0.1) is 0 Å². The van der Waals surface area contributed by atoms with Crippen molar-refractivity contribution in [2.24, 2.45) is 0 Å². The summed E-state index contributed by atoms with van der Waals surface area (Å²) in [6, 6.07) is 11.9. The Balaban J connectivity index is 2.26. The zero-order valence-corrected chi connectivity index (χ0v) is 14.6. The molecule has 0 saturated carbocycles. The van der Waals surface area contributed by atoms with E-state index in [9.17, 15) is 0 Å². The van der Waals surface area contributed by atoms with Crippen LogP contribution >= 0.6 is 0 Å². The molecule has 2 aromatic rings. The molecule has 0 spiro atoms. The second-order valence-corrected chi connectivity index (χ2v) is 7.53. The topological polar surface area (TPSA) is 70.5 Å². The molecule has 112 valence electrons. The molecule has 0 atom stereocenters. The first kappa shape index (κ1) is 15.8. The van der Waals surface area contributed by atoms with E-state index in [1.54, 1.807) is 0 Å². The van der Waals surface area contributed by atoms with Gasteiger partial charge in [-0.05, 0) is 0 Å². The van der Waals surface area contributed by atoms with Crippen LogP contribution in [0.1, 0.15) is 13.8 Å². The van der Waals surface area contributed by atoms with Gasteiger partial charge in [0.05, 0.1) is 0 Å². The summed E-state index contributed by atoms with van der Waals surface area (Å²) in [7, 11) is 0. The van der Waals surface area contributed by atoms with E-state index in [2.05, 4.69) is 12.1 Å². The van der Waals surface area contributed by atoms with Gasteiger partial charge in [0.25, 0.3) is 0 Å². The van der Waals surface area contributed by atoms with E-state index in [0.29, 0.717) is 24.6 Å².